The van der Waals surface area contributed by atoms with E-state index in [9.17, 15) is 4.79 Å². The first-order valence-electron chi connectivity index (χ1n) is 10.6. The van der Waals surface area contributed by atoms with Crippen molar-refractivity contribution in [2.45, 2.75) is 19.3 Å². The Kier molecular flexibility index (Phi) is 8.10. The molecule has 0 unspecified atom stereocenters. The zero-order chi connectivity index (χ0) is 20.5. The zero-order valence-corrected chi connectivity index (χ0v) is 17.7. The summed E-state index contributed by atoms with van der Waals surface area (Å²) in [5.74, 6) is 2.75. The Morgan fingerprint density at radius 3 is 2.76 bits per heavy atom. The fourth-order valence-electron chi connectivity index (χ4n) is 3.39. The summed E-state index contributed by atoms with van der Waals surface area (Å²) in [6.07, 6.45) is 4.90. The van der Waals surface area contributed by atoms with Gasteiger partial charge in [-0.2, -0.15) is 0 Å². The summed E-state index contributed by atoms with van der Waals surface area (Å²) in [4.78, 5) is 27.5. The molecule has 29 heavy (non-hydrogen) atoms. The lowest BCUT2D eigenvalue weighted by atomic mass is 10.2. The Balaban J connectivity index is 1.31. The molecule has 0 atom stereocenters. The molecule has 2 aliphatic rings. The molecule has 0 radical (unpaired) electrons. The number of rotatable bonds is 9. The van der Waals surface area contributed by atoms with E-state index in [2.05, 4.69) is 20.2 Å². The van der Waals surface area contributed by atoms with Gasteiger partial charge < -0.3 is 24.8 Å². The number of nitrogens with one attached hydrogen (secondary N) is 1. The zero-order valence-electron chi connectivity index (χ0n) is 17.7. The molecule has 1 amide bonds. The molecule has 1 saturated heterocycles. The van der Waals surface area contributed by atoms with Gasteiger partial charge in [-0.05, 0) is 30.9 Å². The largest absolute Gasteiger partial charge is 0.379 e. The van der Waals surface area contributed by atoms with Gasteiger partial charge in [-0.1, -0.05) is 6.07 Å². The SMILES string of the molecule is CN=C(NCCC(=O)N1CCN(c2ccccn2)CC1)N(C)CCOCC1CC1. The Hall–Kier alpha value is -2.35. The predicted molar refractivity (Wildman–Crippen MR) is 115 cm³/mol. The number of likely N-dealkylation sites (N-methyl/N-ethyl adjacent to an activating group) is 1. The molecule has 3 rings (SSSR count). The number of pyridine rings is 1. The van der Waals surface area contributed by atoms with Crippen molar-refractivity contribution in [3.63, 3.8) is 0 Å². The lowest BCUT2D eigenvalue weighted by molar-refractivity contribution is -0.131. The first-order valence-corrected chi connectivity index (χ1v) is 10.6. The second-order valence-electron chi connectivity index (χ2n) is 7.72. The van der Waals surface area contributed by atoms with Gasteiger partial charge in [0, 0.05) is 72.6 Å². The quantitative estimate of drug-likeness (QED) is 0.378. The third-order valence-corrected chi connectivity index (χ3v) is 5.42. The smallest absolute Gasteiger partial charge is 0.224 e. The molecule has 1 aromatic rings. The van der Waals surface area contributed by atoms with Gasteiger partial charge in [-0.25, -0.2) is 4.98 Å². The lowest BCUT2D eigenvalue weighted by Gasteiger charge is -2.35. The summed E-state index contributed by atoms with van der Waals surface area (Å²) in [7, 11) is 3.76. The van der Waals surface area contributed by atoms with Gasteiger partial charge in [0.15, 0.2) is 5.96 Å². The number of aliphatic imine (C=N–C) groups is 1. The number of amides is 1. The highest BCUT2D eigenvalue weighted by Gasteiger charge is 2.22. The molecule has 0 aromatic carbocycles. The average Bonchev–Trinajstić information content (AvgIpc) is 3.59. The molecule has 8 heteroatoms. The number of hydrogen-bond donors (Lipinski definition) is 1. The van der Waals surface area contributed by atoms with Crippen LogP contribution in [-0.4, -0.2) is 93.2 Å². The van der Waals surface area contributed by atoms with Crippen molar-refractivity contribution in [1.29, 1.82) is 0 Å². The minimum Gasteiger partial charge on any atom is -0.379 e. The third kappa shape index (κ3) is 6.88. The lowest BCUT2D eigenvalue weighted by Crippen LogP contribution is -2.49. The number of piperazine rings is 1. The highest BCUT2D eigenvalue weighted by molar-refractivity contribution is 5.81. The van der Waals surface area contributed by atoms with Gasteiger partial charge in [-0.15, -0.1) is 0 Å². The summed E-state index contributed by atoms with van der Waals surface area (Å²) in [5.41, 5.74) is 0. The van der Waals surface area contributed by atoms with E-state index in [4.69, 9.17) is 4.74 Å². The van der Waals surface area contributed by atoms with Crippen LogP contribution < -0.4 is 10.2 Å². The van der Waals surface area contributed by atoms with Crippen LogP contribution in [-0.2, 0) is 9.53 Å². The number of anilines is 1. The molecule has 1 saturated carbocycles. The van der Waals surface area contributed by atoms with Gasteiger partial charge >= 0.3 is 0 Å². The maximum Gasteiger partial charge on any atom is 0.224 e. The van der Waals surface area contributed by atoms with E-state index >= 15 is 0 Å². The second-order valence-corrected chi connectivity index (χ2v) is 7.72. The van der Waals surface area contributed by atoms with Crippen molar-refractivity contribution in [2.24, 2.45) is 10.9 Å². The van der Waals surface area contributed by atoms with Crippen molar-refractivity contribution in [1.82, 2.24) is 20.1 Å². The minimum absolute atomic E-state index is 0.184. The number of hydrogen-bond acceptors (Lipinski definition) is 5. The van der Waals surface area contributed by atoms with Crippen LogP contribution in [0.5, 0.6) is 0 Å². The van der Waals surface area contributed by atoms with Crippen molar-refractivity contribution in [3.8, 4) is 0 Å². The molecule has 160 valence electrons. The van der Waals surface area contributed by atoms with Crippen LogP contribution >= 0.6 is 0 Å². The van der Waals surface area contributed by atoms with Crippen LogP contribution in [0.4, 0.5) is 5.82 Å². The molecule has 1 N–H and O–H groups in total. The summed E-state index contributed by atoms with van der Waals surface area (Å²) >= 11 is 0. The van der Waals surface area contributed by atoms with E-state index in [1.165, 1.54) is 12.8 Å². The van der Waals surface area contributed by atoms with Crippen molar-refractivity contribution in [3.05, 3.63) is 24.4 Å². The van der Waals surface area contributed by atoms with E-state index < -0.39 is 0 Å². The van der Waals surface area contributed by atoms with Crippen LogP contribution in [0, 0.1) is 5.92 Å². The number of ether oxygens (including phenoxy) is 1. The number of aromatic nitrogens is 1. The van der Waals surface area contributed by atoms with E-state index in [1.807, 2.05) is 41.2 Å². The summed E-state index contributed by atoms with van der Waals surface area (Å²) in [6.45, 7) is 6.07. The average molecular weight is 403 g/mol. The topological polar surface area (TPSA) is 73.3 Å². The normalized spacial score (nSPS) is 17.4. The summed E-state index contributed by atoms with van der Waals surface area (Å²) < 4.78 is 5.69. The van der Waals surface area contributed by atoms with E-state index in [1.54, 1.807) is 7.05 Å². The molecule has 8 nitrogen and oxygen atoms in total. The molecule has 1 aliphatic carbocycles. The van der Waals surface area contributed by atoms with Crippen LogP contribution in [0.15, 0.2) is 29.4 Å². The Bertz CT molecular complexity index is 656. The molecule has 1 aliphatic heterocycles. The molecule has 0 bridgehead atoms. The monoisotopic (exact) mass is 402 g/mol. The molecular weight excluding hydrogens is 368 g/mol. The molecule has 0 spiro atoms. The second kappa shape index (κ2) is 11.0. The van der Waals surface area contributed by atoms with Gasteiger partial charge in [0.05, 0.1) is 6.61 Å². The predicted octanol–water partition coefficient (Wildman–Crippen LogP) is 1.05. The van der Waals surface area contributed by atoms with Crippen LogP contribution in [0.2, 0.25) is 0 Å². The number of nitrogens with zero attached hydrogens (tertiary/aromatic N) is 5. The van der Waals surface area contributed by atoms with Crippen LogP contribution in [0.1, 0.15) is 19.3 Å². The Morgan fingerprint density at radius 2 is 2.10 bits per heavy atom. The highest BCUT2D eigenvalue weighted by Crippen LogP contribution is 2.28. The van der Waals surface area contributed by atoms with Gasteiger partial charge in [0.25, 0.3) is 0 Å². The standard InChI is InChI=1S/C21H34N6O2/c1-22-21(25(2)15-16-29-17-18-6-7-18)24-10-8-20(28)27-13-11-26(12-14-27)19-5-3-4-9-23-19/h3-5,9,18H,6-8,10-17H2,1-2H3,(H,22,24). The molecule has 2 heterocycles. The maximum atomic E-state index is 12.5. The van der Waals surface area contributed by atoms with Gasteiger partial charge in [0.1, 0.15) is 5.82 Å². The molecule has 2 fully saturated rings. The van der Waals surface area contributed by atoms with Crippen LogP contribution in [0.3, 0.4) is 0 Å². The van der Waals surface area contributed by atoms with Gasteiger partial charge in [0.2, 0.25) is 5.91 Å². The van der Waals surface area contributed by atoms with E-state index in [0.717, 1.165) is 57.0 Å². The Morgan fingerprint density at radius 1 is 1.31 bits per heavy atom. The number of carbonyl (C=O) groups excluding carboxylic acids is 1. The molecular formula is C21H34N6O2. The van der Waals surface area contributed by atoms with Crippen molar-refractivity contribution >= 4 is 17.7 Å². The first kappa shape index (κ1) is 21.4. The van der Waals surface area contributed by atoms with E-state index in [0.29, 0.717) is 19.6 Å². The first-order chi connectivity index (χ1) is 14.2. The number of carbonyl (C=O) groups is 1. The third-order valence-electron chi connectivity index (χ3n) is 5.42. The van der Waals surface area contributed by atoms with Crippen molar-refractivity contribution in [2.75, 3.05) is 71.5 Å². The summed E-state index contributed by atoms with van der Waals surface area (Å²) in [5, 5.41) is 3.29. The van der Waals surface area contributed by atoms with E-state index in [-0.39, 0.29) is 5.91 Å². The molecule has 1 aromatic heterocycles. The summed E-state index contributed by atoms with van der Waals surface area (Å²) in [6, 6.07) is 5.93. The van der Waals surface area contributed by atoms with Crippen LogP contribution in [0.25, 0.3) is 0 Å². The fourth-order valence-corrected chi connectivity index (χ4v) is 3.39. The van der Waals surface area contributed by atoms with Crippen molar-refractivity contribution < 1.29 is 9.53 Å². The highest BCUT2D eigenvalue weighted by atomic mass is 16.5. The maximum absolute atomic E-state index is 12.5. The number of guanidine groups is 1. The fraction of sp³-hybridized carbons (Fsp3) is 0.667. The Labute approximate surface area is 173 Å². The van der Waals surface area contributed by atoms with Gasteiger partial charge in [-0.3, -0.25) is 9.79 Å². The minimum atomic E-state index is 0.184.